The fourth-order valence-corrected chi connectivity index (χ4v) is 2.78. The van der Waals surface area contributed by atoms with Gasteiger partial charge in [-0.3, -0.25) is 4.79 Å². The van der Waals surface area contributed by atoms with Crippen LogP contribution in [0.2, 0.25) is 0 Å². The van der Waals surface area contributed by atoms with Gasteiger partial charge < -0.3 is 10.4 Å². The molecule has 0 bridgehead atoms. The topological polar surface area (TPSA) is 101 Å². The number of rotatable bonds is 6. The van der Waals surface area contributed by atoms with E-state index in [-0.39, 0.29) is 35.0 Å². The highest BCUT2D eigenvalue weighted by Gasteiger charge is 2.15. The first-order chi connectivity index (χ1) is 8.86. The van der Waals surface area contributed by atoms with Crippen molar-refractivity contribution in [2.24, 2.45) is 0 Å². The molecule has 6 nitrogen and oxygen atoms in total. The van der Waals surface area contributed by atoms with Crippen molar-refractivity contribution in [2.75, 3.05) is 12.8 Å². The zero-order chi connectivity index (χ0) is 14.5. The van der Waals surface area contributed by atoms with Gasteiger partial charge in [0.05, 0.1) is 16.2 Å². The Morgan fingerprint density at radius 3 is 2.26 bits per heavy atom. The van der Waals surface area contributed by atoms with Gasteiger partial charge in [0.15, 0.2) is 9.84 Å². The summed E-state index contributed by atoms with van der Waals surface area (Å²) >= 11 is 0. The van der Waals surface area contributed by atoms with Crippen molar-refractivity contribution in [3.05, 3.63) is 29.8 Å². The van der Waals surface area contributed by atoms with Crippen LogP contribution in [0.3, 0.4) is 0 Å². The summed E-state index contributed by atoms with van der Waals surface area (Å²) in [6.45, 7) is 0. The Kier molecular flexibility index (Phi) is 5.05. The van der Waals surface area contributed by atoms with Gasteiger partial charge >= 0.3 is 5.97 Å². The molecule has 104 valence electrons. The van der Waals surface area contributed by atoms with Crippen LogP contribution < -0.4 is 5.32 Å². The lowest BCUT2D eigenvalue weighted by atomic mass is 10.2. The van der Waals surface area contributed by atoms with Gasteiger partial charge in [0.25, 0.3) is 0 Å². The number of nitrogens with one attached hydrogen (secondary N) is 1. The van der Waals surface area contributed by atoms with Gasteiger partial charge in [-0.2, -0.15) is 0 Å². The van der Waals surface area contributed by atoms with Crippen molar-refractivity contribution < 1.29 is 23.1 Å². The lowest BCUT2D eigenvalue weighted by Crippen LogP contribution is -2.18. The molecule has 2 N–H and O–H groups in total. The third kappa shape index (κ3) is 4.36. The number of sulfone groups is 1. The SMILES string of the molecule is CNC(=O)CCCS(=O)(=O)c1ccc(C(=O)O)cc1. The van der Waals surface area contributed by atoms with Gasteiger partial charge in [0, 0.05) is 13.5 Å². The Balaban J connectivity index is 2.72. The molecule has 1 amide bonds. The van der Waals surface area contributed by atoms with Crippen LogP contribution in [-0.4, -0.2) is 38.2 Å². The highest BCUT2D eigenvalue weighted by molar-refractivity contribution is 7.91. The van der Waals surface area contributed by atoms with Crippen LogP contribution in [0.4, 0.5) is 0 Å². The minimum Gasteiger partial charge on any atom is -0.478 e. The molecule has 7 heteroatoms. The smallest absolute Gasteiger partial charge is 0.335 e. The van der Waals surface area contributed by atoms with Crippen LogP contribution in [0.1, 0.15) is 23.2 Å². The second kappa shape index (κ2) is 6.33. The summed E-state index contributed by atoms with van der Waals surface area (Å²) in [5, 5.41) is 11.1. The van der Waals surface area contributed by atoms with Crippen LogP contribution in [0.25, 0.3) is 0 Å². The Morgan fingerprint density at radius 2 is 1.79 bits per heavy atom. The molecule has 0 aliphatic heterocycles. The molecule has 0 radical (unpaired) electrons. The molecule has 0 unspecified atom stereocenters. The van der Waals surface area contributed by atoms with E-state index in [0.717, 1.165) is 0 Å². The molecule has 19 heavy (non-hydrogen) atoms. The molecule has 1 aromatic carbocycles. The van der Waals surface area contributed by atoms with Gasteiger partial charge in [-0.05, 0) is 30.7 Å². The highest BCUT2D eigenvalue weighted by atomic mass is 32.2. The fourth-order valence-electron chi connectivity index (χ4n) is 1.47. The predicted molar refractivity (Wildman–Crippen MR) is 68.8 cm³/mol. The van der Waals surface area contributed by atoms with E-state index in [1.165, 1.54) is 31.3 Å². The second-order valence-corrected chi connectivity index (χ2v) is 6.03. The largest absolute Gasteiger partial charge is 0.478 e. The maximum Gasteiger partial charge on any atom is 0.335 e. The summed E-state index contributed by atoms with van der Waals surface area (Å²) < 4.78 is 23.8. The molecule has 0 saturated carbocycles. The van der Waals surface area contributed by atoms with Crippen molar-refractivity contribution in [3.8, 4) is 0 Å². The molecule has 0 spiro atoms. The Morgan fingerprint density at radius 1 is 1.21 bits per heavy atom. The molecule has 0 atom stereocenters. The summed E-state index contributed by atoms with van der Waals surface area (Å²) in [5.41, 5.74) is 0.0318. The van der Waals surface area contributed by atoms with Crippen LogP contribution in [-0.2, 0) is 14.6 Å². The number of hydrogen-bond donors (Lipinski definition) is 2. The van der Waals surface area contributed by atoms with E-state index in [0.29, 0.717) is 0 Å². The third-order valence-corrected chi connectivity index (χ3v) is 4.37. The van der Waals surface area contributed by atoms with Crippen molar-refractivity contribution in [1.29, 1.82) is 0 Å². The monoisotopic (exact) mass is 285 g/mol. The minimum absolute atomic E-state index is 0.0318. The van der Waals surface area contributed by atoms with E-state index < -0.39 is 15.8 Å². The summed E-state index contributed by atoms with van der Waals surface area (Å²) in [7, 11) is -1.99. The van der Waals surface area contributed by atoms with Gasteiger partial charge in [-0.15, -0.1) is 0 Å². The Labute approximate surface area is 111 Å². The fraction of sp³-hybridized carbons (Fsp3) is 0.333. The average Bonchev–Trinajstić information content (AvgIpc) is 2.38. The quantitative estimate of drug-likeness (QED) is 0.800. The van der Waals surface area contributed by atoms with Crippen molar-refractivity contribution >= 4 is 21.7 Å². The van der Waals surface area contributed by atoms with Gasteiger partial charge in [-0.25, -0.2) is 13.2 Å². The van der Waals surface area contributed by atoms with Gasteiger partial charge in [0.1, 0.15) is 0 Å². The molecule has 0 aliphatic carbocycles. The molecule has 1 aromatic rings. The van der Waals surface area contributed by atoms with E-state index in [9.17, 15) is 18.0 Å². The second-order valence-electron chi connectivity index (χ2n) is 3.93. The maximum atomic E-state index is 11.9. The van der Waals surface area contributed by atoms with E-state index >= 15 is 0 Å². The standard InChI is InChI=1S/C12H15NO5S/c1-13-11(14)3-2-8-19(17,18)10-6-4-9(5-7-10)12(15)16/h4-7H,2-3,8H2,1H3,(H,13,14)(H,15,16). The normalized spacial score (nSPS) is 11.0. The molecule has 0 aromatic heterocycles. The van der Waals surface area contributed by atoms with Crippen LogP contribution in [0, 0.1) is 0 Å². The third-order valence-electron chi connectivity index (χ3n) is 2.56. The lowest BCUT2D eigenvalue weighted by molar-refractivity contribution is -0.120. The first kappa shape index (κ1) is 15.2. The lowest BCUT2D eigenvalue weighted by Gasteiger charge is -2.04. The first-order valence-corrected chi connectivity index (χ1v) is 7.29. The van der Waals surface area contributed by atoms with Crippen LogP contribution in [0.15, 0.2) is 29.2 Å². The molecular weight excluding hydrogens is 270 g/mol. The molecule has 1 rings (SSSR count). The highest BCUT2D eigenvalue weighted by Crippen LogP contribution is 2.14. The molecule has 0 fully saturated rings. The van der Waals surface area contributed by atoms with Gasteiger partial charge in [-0.1, -0.05) is 0 Å². The number of carboxylic acids is 1. The van der Waals surface area contributed by atoms with E-state index in [1.807, 2.05) is 0 Å². The Hall–Kier alpha value is -1.89. The number of carbonyl (C=O) groups is 2. The first-order valence-electron chi connectivity index (χ1n) is 5.63. The molecule has 0 heterocycles. The van der Waals surface area contributed by atoms with Crippen molar-refractivity contribution in [1.82, 2.24) is 5.32 Å². The minimum atomic E-state index is -3.48. The number of carbonyl (C=O) groups excluding carboxylic acids is 1. The van der Waals surface area contributed by atoms with Crippen LogP contribution in [0.5, 0.6) is 0 Å². The maximum absolute atomic E-state index is 11.9. The molecular formula is C12H15NO5S. The summed E-state index contributed by atoms with van der Waals surface area (Å²) in [4.78, 5) is 21.7. The molecule has 0 aliphatic rings. The zero-order valence-corrected chi connectivity index (χ0v) is 11.2. The van der Waals surface area contributed by atoms with Crippen LogP contribution >= 0.6 is 0 Å². The van der Waals surface area contributed by atoms with Crippen molar-refractivity contribution in [2.45, 2.75) is 17.7 Å². The van der Waals surface area contributed by atoms with E-state index in [4.69, 9.17) is 5.11 Å². The summed E-state index contributed by atoms with van der Waals surface area (Å²) in [5.74, 6) is -1.47. The molecule has 0 saturated heterocycles. The zero-order valence-electron chi connectivity index (χ0n) is 10.4. The summed E-state index contributed by atoms with van der Waals surface area (Å²) in [6, 6.07) is 5.01. The number of hydrogen-bond acceptors (Lipinski definition) is 4. The predicted octanol–water partition coefficient (Wildman–Crippen LogP) is 0.685. The average molecular weight is 285 g/mol. The van der Waals surface area contributed by atoms with E-state index in [1.54, 1.807) is 0 Å². The van der Waals surface area contributed by atoms with Crippen molar-refractivity contribution in [3.63, 3.8) is 0 Å². The number of amides is 1. The van der Waals surface area contributed by atoms with Gasteiger partial charge in [0.2, 0.25) is 5.91 Å². The Bertz CT molecular complexity index is 562. The number of benzene rings is 1. The number of aromatic carboxylic acids is 1. The summed E-state index contributed by atoms with van der Waals surface area (Å²) in [6.07, 6.45) is 0.367. The number of carboxylic acid groups (broad SMARTS) is 1. The van der Waals surface area contributed by atoms with E-state index in [2.05, 4.69) is 5.32 Å².